The molecule has 0 amide bonds. The molecule has 0 bridgehead atoms. The molecule has 0 aliphatic heterocycles. The van der Waals surface area contributed by atoms with Gasteiger partial charge in [0.1, 0.15) is 6.10 Å². The lowest BCUT2D eigenvalue weighted by atomic mass is 10.4. The van der Waals surface area contributed by atoms with Crippen molar-refractivity contribution < 1.29 is 24.5 Å². The first-order valence-electron chi connectivity index (χ1n) is 3.38. The second kappa shape index (κ2) is 5.59. The van der Waals surface area contributed by atoms with Gasteiger partial charge in [-0.05, 0) is 0 Å². The second-order valence-electron chi connectivity index (χ2n) is 2.36. The molecule has 0 saturated heterocycles. The zero-order valence-electron chi connectivity index (χ0n) is 6.63. The van der Waals surface area contributed by atoms with Gasteiger partial charge < -0.3 is 9.84 Å². The van der Waals surface area contributed by atoms with Gasteiger partial charge in [0.25, 0.3) is 0 Å². The summed E-state index contributed by atoms with van der Waals surface area (Å²) in [6.07, 6.45) is -0.00546. The van der Waals surface area contributed by atoms with E-state index in [1.807, 2.05) is 0 Å². The minimum absolute atomic E-state index is 0.0462. The van der Waals surface area contributed by atoms with E-state index in [2.05, 4.69) is 6.58 Å². The van der Waals surface area contributed by atoms with Gasteiger partial charge in [-0.1, -0.05) is 6.08 Å². The Balaban J connectivity index is 3.46. The van der Waals surface area contributed by atoms with E-state index in [0.29, 0.717) is 0 Å². The van der Waals surface area contributed by atoms with Crippen LogP contribution in [0.5, 0.6) is 0 Å². The summed E-state index contributed by atoms with van der Waals surface area (Å²) in [6, 6.07) is 0. The lowest BCUT2D eigenvalue weighted by Crippen LogP contribution is -2.21. The molecule has 0 aliphatic carbocycles. The van der Waals surface area contributed by atoms with Crippen LogP contribution in [0.2, 0.25) is 0 Å². The Hall–Kier alpha value is -0.0300. The quantitative estimate of drug-likeness (QED) is 0.256. The lowest BCUT2D eigenvalue weighted by Gasteiger charge is -2.10. The lowest BCUT2D eigenvalue weighted by molar-refractivity contribution is 0.0578. The molecule has 0 saturated carbocycles. The Bertz CT molecular complexity index is 132. The Kier molecular flexibility index (Phi) is 5.57. The Morgan fingerprint density at radius 1 is 1.42 bits per heavy atom. The molecule has 1 atom stereocenters. The van der Waals surface area contributed by atoms with Gasteiger partial charge in [-0.3, -0.25) is 0 Å². The van der Waals surface area contributed by atoms with Crippen molar-refractivity contribution in [3.63, 3.8) is 0 Å². The molecule has 5 nitrogen and oxygen atoms in total. The highest BCUT2D eigenvalue weighted by atomic mass is 31.2. The molecule has 0 radical (unpaired) electrons. The highest BCUT2D eigenvalue weighted by molar-refractivity contribution is 7.58. The van der Waals surface area contributed by atoms with E-state index in [4.69, 9.17) is 24.5 Å². The molecular weight excluding hydrogens is 183 g/mol. The number of aliphatic hydroxyl groups is 1. The minimum atomic E-state index is -3.88. The van der Waals surface area contributed by atoms with Gasteiger partial charge in [0, 0.05) is 0 Å². The van der Waals surface area contributed by atoms with Crippen LogP contribution in [-0.4, -0.2) is 45.3 Å². The van der Waals surface area contributed by atoms with Crippen molar-refractivity contribution >= 4 is 7.94 Å². The maximum atomic E-state index is 9.00. The van der Waals surface area contributed by atoms with Gasteiger partial charge in [0.05, 0.1) is 13.2 Å². The van der Waals surface area contributed by atoms with Crippen LogP contribution in [0.3, 0.4) is 0 Å². The zero-order valence-corrected chi connectivity index (χ0v) is 7.52. The summed E-state index contributed by atoms with van der Waals surface area (Å²) in [5, 5.41) is 9.00. The molecule has 0 aromatic heterocycles. The topological polar surface area (TPSA) is 90.2 Å². The third kappa shape index (κ3) is 8.07. The largest absolute Gasteiger partial charge is 0.406 e. The molecule has 0 aliphatic rings. The fraction of sp³-hybridized carbons (Fsp3) is 0.667. The SMILES string of the molecule is C=CCOCC(O)C[P+](O)(O)O. The summed E-state index contributed by atoms with van der Waals surface area (Å²) in [6.45, 7) is 3.62. The standard InChI is InChI=1S/C6H14O5P/c1-2-3-11-4-6(7)5-12(8,9)10/h2,6-10H,1,3-5H2/q+1. The first-order chi connectivity index (χ1) is 5.45. The molecule has 0 aromatic carbocycles. The third-order valence-corrected chi connectivity index (χ3v) is 1.91. The van der Waals surface area contributed by atoms with Crippen LogP contribution in [0, 0.1) is 0 Å². The molecule has 0 heterocycles. The maximum absolute atomic E-state index is 9.00. The van der Waals surface area contributed by atoms with Gasteiger partial charge in [0.15, 0.2) is 6.16 Å². The normalized spacial score (nSPS) is 14.3. The van der Waals surface area contributed by atoms with E-state index in [1.165, 1.54) is 6.08 Å². The summed E-state index contributed by atoms with van der Waals surface area (Å²) in [4.78, 5) is 25.6. The summed E-state index contributed by atoms with van der Waals surface area (Å²) < 4.78 is 4.81. The smallest absolute Gasteiger partial charge is 0.387 e. The highest BCUT2D eigenvalue weighted by Crippen LogP contribution is 2.44. The van der Waals surface area contributed by atoms with Crippen LogP contribution in [0.25, 0.3) is 0 Å². The molecule has 4 N–H and O–H groups in total. The molecule has 12 heavy (non-hydrogen) atoms. The van der Waals surface area contributed by atoms with Crippen molar-refractivity contribution in [2.24, 2.45) is 0 Å². The molecule has 72 valence electrons. The van der Waals surface area contributed by atoms with Gasteiger partial charge >= 0.3 is 7.94 Å². The molecule has 0 aromatic rings. The average Bonchev–Trinajstić information content (AvgIpc) is 1.84. The molecule has 0 rings (SSSR count). The van der Waals surface area contributed by atoms with Crippen LogP contribution in [0.15, 0.2) is 12.7 Å². The fourth-order valence-electron chi connectivity index (χ4n) is 0.623. The fourth-order valence-corrected chi connectivity index (χ4v) is 1.29. The summed E-state index contributed by atoms with van der Waals surface area (Å²) in [5.41, 5.74) is 0. The summed E-state index contributed by atoms with van der Waals surface area (Å²) in [7, 11) is -3.88. The van der Waals surface area contributed by atoms with Crippen molar-refractivity contribution in [3.05, 3.63) is 12.7 Å². The van der Waals surface area contributed by atoms with Gasteiger partial charge in [-0.25, -0.2) is 0 Å². The van der Waals surface area contributed by atoms with Crippen LogP contribution in [-0.2, 0) is 4.74 Å². The van der Waals surface area contributed by atoms with E-state index in [0.717, 1.165) is 0 Å². The zero-order chi connectivity index (χ0) is 9.61. The van der Waals surface area contributed by atoms with E-state index in [-0.39, 0.29) is 13.2 Å². The predicted molar refractivity (Wildman–Crippen MR) is 45.5 cm³/mol. The van der Waals surface area contributed by atoms with Crippen molar-refractivity contribution in [2.45, 2.75) is 6.10 Å². The number of ether oxygens (including phenoxy) is 1. The van der Waals surface area contributed by atoms with Crippen LogP contribution in [0.4, 0.5) is 0 Å². The Labute approximate surface area is 71.5 Å². The second-order valence-corrected chi connectivity index (χ2v) is 4.11. The average molecular weight is 197 g/mol. The number of aliphatic hydroxyl groups excluding tert-OH is 1. The van der Waals surface area contributed by atoms with Crippen molar-refractivity contribution in [1.82, 2.24) is 0 Å². The van der Waals surface area contributed by atoms with E-state index in [9.17, 15) is 0 Å². The Morgan fingerprint density at radius 3 is 2.42 bits per heavy atom. The number of hydrogen-bond acceptors (Lipinski definition) is 5. The number of hydrogen-bond donors (Lipinski definition) is 4. The van der Waals surface area contributed by atoms with E-state index in [1.54, 1.807) is 0 Å². The van der Waals surface area contributed by atoms with Crippen molar-refractivity contribution in [3.8, 4) is 0 Å². The third-order valence-electron chi connectivity index (χ3n) is 1.00. The molecule has 0 fully saturated rings. The molecule has 6 heteroatoms. The monoisotopic (exact) mass is 197 g/mol. The van der Waals surface area contributed by atoms with E-state index < -0.39 is 20.2 Å². The summed E-state index contributed by atoms with van der Waals surface area (Å²) >= 11 is 0. The molecule has 0 spiro atoms. The maximum Gasteiger partial charge on any atom is 0.406 e. The van der Waals surface area contributed by atoms with Gasteiger partial charge in [0.2, 0.25) is 0 Å². The first kappa shape index (κ1) is 12.0. The van der Waals surface area contributed by atoms with Gasteiger partial charge in [-0.15, -0.1) is 6.58 Å². The minimum Gasteiger partial charge on any atom is -0.387 e. The van der Waals surface area contributed by atoms with Crippen LogP contribution in [0.1, 0.15) is 0 Å². The first-order valence-corrected chi connectivity index (χ1v) is 5.22. The van der Waals surface area contributed by atoms with E-state index >= 15 is 0 Å². The predicted octanol–water partition coefficient (Wildman–Crippen LogP) is -0.711. The highest BCUT2D eigenvalue weighted by Gasteiger charge is 2.33. The van der Waals surface area contributed by atoms with Crippen LogP contribution >= 0.6 is 7.94 Å². The Morgan fingerprint density at radius 2 is 2.00 bits per heavy atom. The van der Waals surface area contributed by atoms with Crippen molar-refractivity contribution in [1.29, 1.82) is 0 Å². The summed E-state index contributed by atoms with van der Waals surface area (Å²) in [5.74, 6) is 0. The molecular formula is C6H14O5P+. The van der Waals surface area contributed by atoms with Crippen LogP contribution < -0.4 is 0 Å². The molecule has 1 unspecified atom stereocenters. The van der Waals surface area contributed by atoms with Crippen molar-refractivity contribution in [2.75, 3.05) is 19.4 Å². The number of rotatable bonds is 6. The van der Waals surface area contributed by atoms with Gasteiger partial charge in [-0.2, -0.15) is 14.7 Å².